The van der Waals surface area contributed by atoms with Gasteiger partial charge < -0.3 is 0 Å². The largest absolute Gasteiger partial charge is 0.198 e. The van der Waals surface area contributed by atoms with Gasteiger partial charge in [-0.25, -0.2) is 0 Å². The van der Waals surface area contributed by atoms with Crippen molar-refractivity contribution in [2.45, 2.75) is 31.8 Å². The molecule has 3 heteroatoms. The van der Waals surface area contributed by atoms with Crippen molar-refractivity contribution in [2.24, 2.45) is 15.6 Å². The van der Waals surface area contributed by atoms with Gasteiger partial charge in [0.15, 0.2) is 5.66 Å². The molecule has 1 unspecified atom stereocenters. The number of hydrogen-bond acceptors (Lipinski definition) is 3. The van der Waals surface area contributed by atoms with Crippen molar-refractivity contribution in [1.29, 1.82) is 5.26 Å². The van der Waals surface area contributed by atoms with Gasteiger partial charge >= 0.3 is 0 Å². The molecule has 0 amide bonds. The SMILES string of the molecule is CC1(C#N)CCC2(C1)N=N2. The van der Waals surface area contributed by atoms with Crippen LogP contribution in [0.1, 0.15) is 26.2 Å². The third kappa shape index (κ3) is 0.652. The Morgan fingerprint density at radius 1 is 1.40 bits per heavy atom. The first-order valence-electron chi connectivity index (χ1n) is 3.54. The summed E-state index contributed by atoms with van der Waals surface area (Å²) in [6.45, 7) is 1.99. The van der Waals surface area contributed by atoms with Crippen molar-refractivity contribution in [3.8, 4) is 6.07 Å². The highest BCUT2D eigenvalue weighted by Gasteiger charge is 2.52. The maximum absolute atomic E-state index is 8.75. The van der Waals surface area contributed by atoms with Crippen molar-refractivity contribution in [3.63, 3.8) is 0 Å². The molecule has 3 nitrogen and oxygen atoms in total. The van der Waals surface area contributed by atoms with E-state index >= 15 is 0 Å². The molecule has 0 N–H and O–H groups in total. The molecule has 1 fully saturated rings. The lowest BCUT2D eigenvalue weighted by Crippen LogP contribution is -2.11. The van der Waals surface area contributed by atoms with Crippen molar-refractivity contribution in [1.82, 2.24) is 0 Å². The predicted octanol–water partition coefficient (Wildman–Crippen LogP) is 1.86. The summed E-state index contributed by atoms with van der Waals surface area (Å²) in [4.78, 5) is 0. The molecule has 0 radical (unpaired) electrons. The third-order valence-electron chi connectivity index (χ3n) is 2.40. The first kappa shape index (κ1) is 5.84. The summed E-state index contributed by atoms with van der Waals surface area (Å²) in [5, 5.41) is 16.7. The number of rotatable bonds is 0. The van der Waals surface area contributed by atoms with Gasteiger partial charge in [-0.15, -0.1) is 0 Å². The van der Waals surface area contributed by atoms with Crippen LogP contribution in [0.3, 0.4) is 0 Å². The van der Waals surface area contributed by atoms with Crippen molar-refractivity contribution < 1.29 is 0 Å². The van der Waals surface area contributed by atoms with Crippen LogP contribution in [0.25, 0.3) is 0 Å². The summed E-state index contributed by atoms with van der Waals surface area (Å²) in [7, 11) is 0. The molecule has 0 aromatic heterocycles. The molecule has 2 rings (SSSR count). The standard InChI is InChI=1S/C7H9N3/c1-6(5-8)2-3-7(4-6)9-10-7/h2-4H2,1H3. The number of nitriles is 1. The summed E-state index contributed by atoms with van der Waals surface area (Å²) < 4.78 is 0. The lowest BCUT2D eigenvalue weighted by Gasteiger charge is -2.10. The molecule has 0 saturated heterocycles. The number of nitrogens with zero attached hydrogens (tertiary/aromatic N) is 3. The molecular formula is C7H9N3. The van der Waals surface area contributed by atoms with Gasteiger partial charge in [0.1, 0.15) is 0 Å². The Bertz CT molecular complexity index is 232. The normalized spacial score (nSPS) is 40.0. The van der Waals surface area contributed by atoms with Gasteiger partial charge in [0.25, 0.3) is 0 Å². The molecule has 52 valence electrons. The van der Waals surface area contributed by atoms with Gasteiger partial charge in [0.2, 0.25) is 0 Å². The molecule has 1 heterocycles. The van der Waals surface area contributed by atoms with E-state index in [0.29, 0.717) is 0 Å². The van der Waals surface area contributed by atoms with E-state index in [0.717, 1.165) is 19.3 Å². The minimum Gasteiger partial charge on any atom is -0.198 e. The lowest BCUT2D eigenvalue weighted by molar-refractivity contribution is 0.443. The van der Waals surface area contributed by atoms with Crippen LogP contribution in [0.4, 0.5) is 0 Å². The Labute approximate surface area is 59.8 Å². The van der Waals surface area contributed by atoms with Crippen LogP contribution in [-0.4, -0.2) is 5.66 Å². The molecule has 1 aliphatic heterocycles. The third-order valence-corrected chi connectivity index (χ3v) is 2.40. The van der Waals surface area contributed by atoms with Crippen LogP contribution in [-0.2, 0) is 0 Å². The highest BCUT2D eigenvalue weighted by molar-refractivity contribution is 5.12. The summed E-state index contributed by atoms with van der Waals surface area (Å²) in [6.07, 6.45) is 2.78. The van der Waals surface area contributed by atoms with Gasteiger partial charge in [-0.3, -0.25) is 0 Å². The van der Waals surface area contributed by atoms with E-state index in [4.69, 9.17) is 5.26 Å². The topological polar surface area (TPSA) is 48.5 Å². The van der Waals surface area contributed by atoms with E-state index in [1.807, 2.05) is 6.92 Å². The first-order valence-corrected chi connectivity index (χ1v) is 3.54. The maximum atomic E-state index is 8.75. The maximum Gasteiger partial charge on any atom is 0.192 e. The zero-order chi connectivity index (χ0) is 7.24. The Morgan fingerprint density at radius 3 is 2.40 bits per heavy atom. The molecule has 1 spiro atoms. The van der Waals surface area contributed by atoms with E-state index in [1.165, 1.54) is 0 Å². The highest BCUT2D eigenvalue weighted by atomic mass is 15.4. The van der Waals surface area contributed by atoms with Gasteiger partial charge in [0.05, 0.1) is 11.5 Å². The van der Waals surface area contributed by atoms with E-state index in [-0.39, 0.29) is 11.1 Å². The number of hydrogen-bond donors (Lipinski definition) is 0. The molecule has 1 saturated carbocycles. The van der Waals surface area contributed by atoms with Gasteiger partial charge in [-0.1, -0.05) is 0 Å². The fraction of sp³-hybridized carbons (Fsp3) is 0.857. The van der Waals surface area contributed by atoms with Crippen LogP contribution in [0, 0.1) is 16.7 Å². The van der Waals surface area contributed by atoms with Crippen LogP contribution >= 0.6 is 0 Å². The second-order valence-corrected chi connectivity index (χ2v) is 3.53. The fourth-order valence-electron chi connectivity index (χ4n) is 1.61. The molecule has 10 heavy (non-hydrogen) atoms. The predicted molar refractivity (Wildman–Crippen MR) is 35.2 cm³/mol. The zero-order valence-corrected chi connectivity index (χ0v) is 5.96. The van der Waals surface area contributed by atoms with Crippen LogP contribution in [0.5, 0.6) is 0 Å². The second-order valence-electron chi connectivity index (χ2n) is 3.53. The fourth-order valence-corrected chi connectivity index (χ4v) is 1.61. The summed E-state index contributed by atoms with van der Waals surface area (Å²) in [5.74, 6) is 0. The molecule has 1 aliphatic carbocycles. The van der Waals surface area contributed by atoms with E-state index < -0.39 is 0 Å². The van der Waals surface area contributed by atoms with E-state index in [1.54, 1.807) is 0 Å². The minimum absolute atomic E-state index is 0.0928. The highest BCUT2D eigenvalue weighted by Crippen LogP contribution is 2.52. The average molecular weight is 135 g/mol. The van der Waals surface area contributed by atoms with Crippen LogP contribution in [0.2, 0.25) is 0 Å². The molecular weight excluding hydrogens is 126 g/mol. The van der Waals surface area contributed by atoms with Crippen molar-refractivity contribution >= 4 is 0 Å². The van der Waals surface area contributed by atoms with Crippen molar-refractivity contribution in [3.05, 3.63) is 0 Å². The monoisotopic (exact) mass is 135 g/mol. The summed E-state index contributed by atoms with van der Waals surface area (Å²) >= 11 is 0. The Kier molecular flexibility index (Phi) is 0.814. The zero-order valence-electron chi connectivity index (χ0n) is 5.96. The Morgan fingerprint density at radius 2 is 2.10 bits per heavy atom. The summed E-state index contributed by atoms with van der Waals surface area (Å²) in [6, 6.07) is 2.32. The lowest BCUT2D eigenvalue weighted by atomic mass is 9.90. The average Bonchev–Trinajstić information content (AvgIpc) is 2.56. The Hall–Kier alpha value is -0.910. The van der Waals surface area contributed by atoms with Crippen molar-refractivity contribution in [2.75, 3.05) is 0 Å². The van der Waals surface area contributed by atoms with E-state index in [9.17, 15) is 0 Å². The molecule has 2 aliphatic rings. The quantitative estimate of drug-likeness (QED) is 0.500. The Balaban J connectivity index is 2.14. The van der Waals surface area contributed by atoms with E-state index in [2.05, 4.69) is 16.3 Å². The molecule has 0 aromatic carbocycles. The van der Waals surface area contributed by atoms with Gasteiger partial charge in [-0.2, -0.15) is 15.5 Å². The summed E-state index contributed by atoms with van der Waals surface area (Å²) in [5.41, 5.74) is -0.242. The minimum atomic E-state index is -0.149. The van der Waals surface area contributed by atoms with Crippen LogP contribution in [0.15, 0.2) is 10.2 Å². The van der Waals surface area contributed by atoms with Crippen LogP contribution < -0.4 is 0 Å². The molecule has 1 atom stereocenters. The second kappa shape index (κ2) is 1.39. The van der Waals surface area contributed by atoms with Gasteiger partial charge in [-0.05, 0) is 19.8 Å². The van der Waals surface area contributed by atoms with Gasteiger partial charge in [0, 0.05) is 6.42 Å². The molecule has 0 bridgehead atoms. The first-order chi connectivity index (χ1) is 4.68. The molecule has 0 aromatic rings. The smallest absolute Gasteiger partial charge is 0.192 e.